The highest BCUT2D eigenvalue weighted by Gasteiger charge is 2.13. The lowest BCUT2D eigenvalue weighted by molar-refractivity contribution is 0.617. The largest absolute Gasteiger partial charge is 0.374 e. The van der Waals surface area contributed by atoms with Crippen LogP contribution in [0.4, 0.5) is 5.69 Å². The van der Waals surface area contributed by atoms with Gasteiger partial charge in [0, 0.05) is 31.9 Å². The number of rotatable bonds is 5. The van der Waals surface area contributed by atoms with Crippen LogP contribution in [0, 0.1) is 0 Å². The standard InChI is InChI=1S/C18H28N2/c1-5-15(13-19-14(2)3)11-16-8-9-18-17(12-16)7-6-10-20(18)4/h8-9,11-12,14,19H,5-7,10,13H2,1-4H3. The summed E-state index contributed by atoms with van der Waals surface area (Å²) in [5.41, 5.74) is 5.73. The van der Waals surface area contributed by atoms with Crippen molar-refractivity contribution in [3.8, 4) is 0 Å². The second-order valence-corrected chi connectivity index (χ2v) is 6.10. The Morgan fingerprint density at radius 3 is 2.90 bits per heavy atom. The van der Waals surface area contributed by atoms with Crippen LogP contribution < -0.4 is 10.2 Å². The predicted molar refractivity (Wildman–Crippen MR) is 89.4 cm³/mol. The van der Waals surface area contributed by atoms with Crippen LogP contribution in [0.3, 0.4) is 0 Å². The van der Waals surface area contributed by atoms with Crippen molar-refractivity contribution in [2.24, 2.45) is 0 Å². The number of fused-ring (bicyclic) bond motifs is 1. The molecule has 0 atom stereocenters. The molecule has 0 saturated carbocycles. The number of anilines is 1. The molecule has 0 aliphatic carbocycles. The second-order valence-electron chi connectivity index (χ2n) is 6.10. The topological polar surface area (TPSA) is 15.3 Å². The Bertz CT molecular complexity index is 474. The van der Waals surface area contributed by atoms with E-state index < -0.39 is 0 Å². The molecule has 0 aromatic heterocycles. The molecule has 1 aliphatic rings. The lowest BCUT2D eigenvalue weighted by Gasteiger charge is -2.27. The van der Waals surface area contributed by atoms with Gasteiger partial charge in [0.25, 0.3) is 0 Å². The van der Waals surface area contributed by atoms with E-state index >= 15 is 0 Å². The van der Waals surface area contributed by atoms with Gasteiger partial charge in [-0.3, -0.25) is 0 Å². The molecule has 2 rings (SSSR count). The van der Waals surface area contributed by atoms with Gasteiger partial charge < -0.3 is 10.2 Å². The van der Waals surface area contributed by atoms with E-state index in [4.69, 9.17) is 0 Å². The number of nitrogens with zero attached hydrogens (tertiary/aromatic N) is 1. The highest BCUT2D eigenvalue weighted by atomic mass is 15.1. The smallest absolute Gasteiger partial charge is 0.0396 e. The van der Waals surface area contributed by atoms with Gasteiger partial charge >= 0.3 is 0 Å². The molecule has 1 aliphatic heterocycles. The number of hydrogen-bond donors (Lipinski definition) is 1. The molecular weight excluding hydrogens is 244 g/mol. The van der Waals surface area contributed by atoms with E-state index in [1.165, 1.54) is 41.8 Å². The molecule has 0 fully saturated rings. The Hall–Kier alpha value is -1.28. The molecule has 2 nitrogen and oxygen atoms in total. The van der Waals surface area contributed by atoms with Gasteiger partial charge in [0.2, 0.25) is 0 Å². The monoisotopic (exact) mass is 272 g/mol. The minimum Gasteiger partial charge on any atom is -0.374 e. The minimum atomic E-state index is 0.544. The van der Waals surface area contributed by atoms with Crippen molar-refractivity contribution in [3.63, 3.8) is 0 Å². The van der Waals surface area contributed by atoms with Crippen LogP contribution in [0.5, 0.6) is 0 Å². The van der Waals surface area contributed by atoms with Crippen LogP contribution in [-0.4, -0.2) is 26.2 Å². The molecule has 1 aromatic rings. The molecule has 0 radical (unpaired) electrons. The van der Waals surface area contributed by atoms with Gasteiger partial charge in [-0.25, -0.2) is 0 Å². The molecule has 0 unspecified atom stereocenters. The summed E-state index contributed by atoms with van der Waals surface area (Å²) >= 11 is 0. The van der Waals surface area contributed by atoms with E-state index in [2.05, 4.69) is 62.3 Å². The Morgan fingerprint density at radius 1 is 1.40 bits per heavy atom. The average molecular weight is 272 g/mol. The maximum Gasteiger partial charge on any atom is 0.0396 e. The van der Waals surface area contributed by atoms with Crippen molar-refractivity contribution in [1.29, 1.82) is 0 Å². The van der Waals surface area contributed by atoms with E-state index in [1.54, 1.807) is 0 Å². The molecule has 1 heterocycles. The lowest BCUT2D eigenvalue weighted by atomic mass is 9.98. The summed E-state index contributed by atoms with van der Waals surface area (Å²) in [6.07, 6.45) is 5.94. The normalized spacial score (nSPS) is 15.7. The summed E-state index contributed by atoms with van der Waals surface area (Å²) in [6, 6.07) is 7.45. The molecule has 110 valence electrons. The highest BCUT2D eigenvalue weighted by Crippen LogP contribution is 2.27. The van der Waals surface area contributed by atoms with Crippen LogP contribution in [0.2, 0.25) is 0 Å². The fourth-order valence-corrected chi connectivity index (χ4v) is 2.74. The van der Waals surface area contributed by atoms with E-state index in [0.29, 0.717) is 6.04 Å². The predicted octanol–water partition coefficient (Wildman–Crippen LogP) is 3.86. The quantitative estimate of drug-likeness (QED) is 0.875. The summed E-state index contributed by atoms with van der Waals surface area (Å²) in [5, 5.41) is 3.51. The Balaban J connectivity index is 2.16. The zero-order chi connectivity index (χ0) is 14.5. The summed E-state index contributed by atoms with van der Waals surface area (Å²) < 4.78 is 0. The molecular formula is C18H28N2. The van der Waals surface area contributed by atoms with Crippen LogP contribution in [0.1, 0.15) is 44.7 Å². The maximum atomic E-state index is 3.51. The fraction of sp³-hybridized carbons (Fsp3) is 0.556. The SMILES string of the molecule is CCC(=Cc1ccc2c(c1)CCCN2C)CNC(C)C. The zero-order valence-corrected chi connectivity index (χ0v) is 13.4. The van der Waals surface area contributed by atoms with Crippen LogP contribution >= 0.6 is 0 Å². The Labute approximate surface area is 123 Å². The lowest BCUT2D eigenvalue weighted by Crippen LogP contribution is -2.25. The molecule has 0 spiro atoms. The van der Waals surface area contributed by atoms with E-state index in [0.717, 1.165) is 13.0 Å². The summed E-state index contributed by atoms with van der Waals surface area (Å²) in [6.45, 7) is 8.80. The third-order valence-corrected chi connectivity index (χ3v) is 4.02. The highest BCUT2D eigenvalue weighted by molar-refractivity contribution is 5.63. The van der Waals surface area contributed by atoms with Crippen LogP contribution in [-0.2, 0) is 6.42 Å². The van der Waals surface area contributed by atoms with E-state index in [9.17, 15) is 0 Å². The molecule has 20 heavy (non-hydrogen) atoms. The first-order chi connectivity index (χ1) is 9.60. The van der Waals surface area contributed by atoms with Crippen molar-refractivity contribution < 1.29 is 0 Å². The molecule has 0 saturated heterocycles. The molecule has 1 N–H and O–H groups in total. The van der Waals surface area contributed by atoms with Crippen molar-refractivity contribution in [3.05, 3.63) is 34.9 Å². The number of aryl methyl sites for hydroxylation is 1. The van der Waals surface area contributed by atoms with Crippen molar-refractivity contribution in [2.45, 2.75) is 46.1 Å². The van der Waals surface area contributed by atoms with Gasteiger partial charge in [-0.2, -0.15) is 0 Å². The number of hydrogen-bond acceptors (Lipinski definition) is 2. The molecule has 0 bridgehead atoms. The minimum absolute atomic E-state index is 0.544. The van der Waals surface area contributed by atoms with E-state index in [-0.39, 0.29) is 0 Å². The fourth-order valence-electron chi connectivity index (χ4n) is 2.74. The summed E-state index contributed by atoms with van der Waals surface area (Å²) in [4.78, 5) is 2.37. The molecule has 0 amide bonds. The van der Waals surface area contributed by atoms with Gasteiger partial charge in [-0.15, -0.1) is 0 Å². The van der Waals surface area contributed by atoms with Gasteiger partial charge in [-0.05, 0) is 42.5 Å². The van der Waals surface area contributed by atoms with Gasteiger partial charge in [0.15, 0.2) is 0 Å². The number of nitrogens with one attached hydrogen (secondary N) is 1. The van der Waals surface area contributed by atoms with Gasteiger partial charge in [0.1, 0.15) is 0 Å². The average Bonchev–Trinajstić information content (AvgIpc) is 2.43. The van der Waals surface area contributed by atoms with Gasteiger partial charge in [0.05, 0.1) is 0 Å². The second kappa shape index (κ2) is 6.94. The van der Waals surface area contributed by atoms with E-state index in [1.807, 2.05) is 0 Å². The first-order valence-corrected chi connectivity index (χ1v) is 7.87. The van der Waals surface area contributed by atoms with Crippen LogP contribution in [0.15, 0.2) is 23.8 Å². The third kappa shape index (κ3) is 3.86. The third-order valence-electron chi connectivity index (χ3n) is 4.02. The first-order valence-electron chi connectivity index (χ1n) is 7.87. The molecule has 2 heteroatoms. The van der Waals surface area contributed by atoms with Crippen molar-refractivity contribution >= 4 is 11.8 Å². The summed E-state index contributed by atoms with van der Waals surface area (Å²) in [5.74, 6) is 0. The number of benzene rings is 1. The zero-order valence-electron chi connectivity index (χ0n) is 13.4. The first kappa shape index (κ1) is 15.1. The Kier molecular flexibility index (Phi) is 5.24. The summed E-state index contributed by atoms with van der Waals surface area (Å²) in [7, 11) is 2.19. The maximum absolute atomic E-state index is 3.51. The van der Waals surface area contributed by atoms with Gasteiger partial charge in [-0.1, -0.05) is 38.5 Å². The molecule has 1 aromatic carbocycles. The van der Waals surface area contributed by atoms with Crippen molar-refractivity contribution in [1.82, 2.24) is 5.32 Å². The van der Waals surface area contributed by atoms with Crippen LogP contribution in [0.25, 0.3) is 6.08 Å². The van der Waals surface area contributed by atoms with Crippen molar-refractivity contribution in [2.75, 3.05) is 25.0 Å². The Morgan fingerprint density at radius 2 is 2.20 bits per heavy atom.